The van der Waals surface area contributed by atoms with Crippen LogP contribution in [0.1, 0.15) is 17.1 Å². The number of hydrogen-bond acceptors (Lipinski definition) is 5. The number of aromatic nitrogens is 4. The number of rotatable bonds is 7. The zero-order valence-electron chi connectivity index (χ0n) is 12.3. The van der Waals surface area contributed by atoms with Crippen LogP contribution in [-0.4, -0.2) is 42.0 Å². The Morgan fingerprint density at radius 2 is 2.19 bits per heavy atom. The topological polar surface area (TPSA) is 105 Å². The molecule has 2 rings (SSSR count). The van der Waals surface area contributed by atoms with E-state index in [1.165, 1.54) is 0 Å². The minimum atomic E-state index is -3.58. The van der Waals surface area contributed by atoms with E-state index in [1.807, 2.05) is 19.3 Å². The normalized spacial score (nSPS) is 12.0. The van der Waals surface area contributed by atoms with Crippen LogP contribution in [0.2, 0.25) is 0 Å². The molecule has 0 bridgehead atoms. The van der Waals surface area contributed by atoms with E-state index in [-0.39, 0.29) is 4.90 Å². The largest absolute Gasteiger partial charge is 0.314 e. The Bertz CT molecular complexity index is 703. The van der Waals surface area contributed by atoms with E-state index in [4.69, 9.17) is 0 Å². The van der Waals surface area contributed by atoms with Gasteiger partial charge in [0.2, 0.25) is 10.0 Å². The van der Waals surface area contributed by atoms with Gasteiger partial charge in [0, 0.05) is 32.8 Å². The van der Waals surface area contributed by atoms with Gasteiger partial charge in [-0.25, -0.2) is 13.1 Å². The lowest BCUT2D eigenvalue weighted by atomic mass is 10.3. The fourth-order valence-corrected chi connectivity index (χ4v) is 3.49. The molecule has 0 saturated heterocycles. The molecule has 116 valence electrons. The molecule has 0 fully saturated rings. The molecule has 0 atom stereocenters. The van der Waals surface area contributed by atoms with Gasteiger partial charge in [-0.1, -0.05) is 0 Å². The molecule has 2 aromatic heterocycles. The standard InChI is InChI=1S/C12H20N6O2S/c1-9-12(11(8-13-2)16-15-9)21(19,20)14-6-4-10-5-7-18(3)17-10/h5,7,13-14H,4,6,8H2,1-3H3,(H,15,16). The second-order valence-corrected chi connectivity index (χ2v) is 6.49. The highest BCUT2D eigenvalue weighted by Crippen LogP contribution is 2.17. The molecule has 0 amide bonds. The van der Waals surface area contributed by atoms with Gasteiger partial charge in [0.15, 0.2) is 0 Å². The Balaban J connectivity index is 2.06. The fraction of sp³-hybridized carbons (Fsp3) is 0.500. The average Bonchev–Trinajstić information content (AvgIpc) is 2.97. The summed E-state index contributed by atoms with van der Waals surface area (Å²) in [5, 5.41) is 13.9. The average molecular weight is 312 g/mol. The monoisotopic (exact) mass is 312 g/mol. The number of sulfonamides is 1. The third-order valence-corrected chi connectivity index (χ3v) is 4.68. The lowest BCUT2D eigenvalue weighted by Gasteiger charge is -2.07. The molecular formula is C12H20N6O2S. The van der Waals surface area contributed by atoms with Crippen LogP contribution in [0.4, 0.5) is 0 Å². The maximum atomic E-state index is 12.4. The second kappa shape index (κ2) is 6.37. The summed E-state index contributed by atoms with van der Waals surface area (Å²) in [6, 6.07) is 1.86. The third-order valence-electron chi connectivity index (χ3n) is 3.02. The number of H-pyrrole nitrogens is 1. The summed E-state index contributed by atoms with van der Waals surface area (Å²) in [6.45, 7) is 2.38. The van der Waals surface area contributed by atoms with E-state index in [2.05, 4.69) is 25.3 Å². The van der Waals surface area contributed by atoms with Crippen LogP contribution < -0.4 is 10.0 Å². The molecule has 21 heavy (non-hydrogen) atoms. The first kappa shape index (κ1) is 15.7. The van der Waals surface area contributed by atoms with E-state index in [9.17, 15) is 8.42 Å². The molecule has 0 radical (unpaired) electrons. The first-order valence-electron chi connectivity index (χ1n) is 6.60. The molecule has 0 aliphatic heterocycles. The van der Waals surface area contributed by atoms with Crippen LogP contribution in [0, 0.1) is 6.92 Å². The van der Waals surface area contributed by atoms with E-state index in [1.54, 1.807) is 18.7 Å². The summed E-state index contributed by atoms with van der Waals surface area (Å²) < 4.78 is 29.0. The number of nitrogens with zero attached hydrogens (tertiary/aromatic N) is 3. The highest BCUT2D eigenvalue weighted by Gasteiger charge is 2.23. The van der Waals surface area contributed by atoms with Gasteiger partial charge >= 0.3 is 0 Å². The summed E-state index contributed by atoms with van der Waals surface area (Å²) in [4.78, 5) is 0.220. The zero-order valence-corrected chi connectivity index (χ0v) is 13.2. The van der Waals surface area contributed by atoms with Gasteiger partial charge < -0.3 is 5.32 Å². The highest BCUT2D eigenvalue weighted by atomic mass is 32.2. The van der Waals surface area contributed by atoms with Crippen molar-refractivity contribution in [2.75, 3.05) is 13.6 Å². The molecule has 3 N–H and O–H groups in total. The number of nitrogens with one attached hydrogen (secondary N) is 3. The minimum absolute atomic E-state index is 0.220. The van der Waals surface area contributed by atoms with Crippen molar-refractivity contribution in [1.82, 2.24) is 30.0 Å². The van der Waals surface area contributed by atoms with Crippen LogP contribution in [0.25, 0.3) is 0 Å². The van der Waals surface area contributed by atoms with Crippen molar-refractivity contribution in [2.24, 2.45) is 7.05 Å². The van der Waals surface area contributed by atoms with Gasteiger partial charge in [-0.2, -0.15) is 10.2 Å². The Kier molecular flexibility index (Phi) is 4.76. The summed E-state index contributed by atoms with van der Waals surface area (Å²) in [6.07, 6.45) is 2.37. The first-order valence-corrected chi connectivity index (χ1v) is 8.09. The van der Waals surface area contributed by atoms with Gasteiger partial charge in [0.1, 0.15) is 4.90 Å². The molecular weight excluding hydrogens is 292 g/mol. The van der Waals surface area contributed by atoms with Crippen LogP contribution in [0.15, 0.2) is 17.2 Å². The predicted molar refractivity (Wildman–Crippen MR) is 78.2 cm³/mol. The van der Waals surface area contributed by atoms with Crippen molar-refractivity contribution in [3.63, 3.8) is 0 Å². The number of aryl methyl sites for hydroxylation is 2. The highest BCUT2D eigenvalue weighted by molar-refractivity contribution is 7.89. The van der Waals surface area contributed by atoms with Crippen molar-refractivity contribution in [1.29, 1.82) is 0 Å². The number of hydrogen-bond donors (Lipinski definition) is 3. The summed E-state index contributed by atoms with van der Waals surface area (Å²) in [5.41, 5.74) is 1.87. The van der Waals surface area contributed by atoms with Crippen LogP contribution in [-0.2, 0) is 30.0 Å². The predicted octanol–water partition coefficient (Wildman–Crippen LogP) is -0.308. The molecule has 9 heteroatoms. The number of aromatic amines is 1. The van der Waals surface area contributed by atoms with E-state index in [0.29, 0.717) is 30.9 Å². The van der Waals surface area contributed by atoms with Crippen LogP contribution in [0.3, 0.4) is 0 Å². The lowest BCUT2D eigenvalue weighted by Crippen LogP contribution is -2.27. The smallest absolute Gasteiger partial charge is 0.244 e. The Hall–Kier alpha value is -1.71. The SMILES string of the molecule is CNCc1n[nH]c(C)c1S(=O)(=O)NCCc1ccn(C)n1. The molecule has 0 saturated carbocycles. The summed E-state index contributed by atoms with van der Waals surface area (Å²) >= 11 is 0. The maximum absolute atomic E-state index is 12.4. The van der Waals surface area contributed by atoms with E-state index >= 15 is 0 Å². The minimum Gasteiger partial charge on any atom is -0.314 e. The molecule has 0 aliphatic carbocycles. The molecule has 0 aliphatic rings. The molecule has 2 heterocycles. The summed E-state index contributed by atoms with van der Waals surface area (Å²) in [7, 11) is -0.0113. The Labute approximate surface area is 124 Å². The van der Waals surface area contributed by atoms with E-state index in [0.717, 1.165) is 5.69 Å². The molecule has 0 spiro atoms. The third kappa shape index (κ3) is 3.69. The van der Waals surface area contributed by atoms with E-state index < -0.39 is 10.0 Å². The molecule has 0 unspecified atom stereocenters. The van der Waals surface area contributed by atoms with Gasteiger partial charge in [0.25, 0.3) is 0 Å². The quantitative estimate of drug-likeness (QED) is 0.650. The van der Waals surface area contributed by atoms with Gasteiger partial charge in [0.05, 0.1) is 17.1 Å². The van der Waals surface area contributed by atoms with Gasteiger partial charge in [-0.15, -0.1) is 0 Å². The van der Waals surface area contributed by atoms with Crippen molar-refractivity contribution in [3.05, 3.63) is 29.3 Å². The van der Waals surface area contributed by atoms with Gasteiger partial charge in [-0.3, -0.25) is 9.78 Å². The maximum Gasteiger partial charge on any atom is 0.244 e. The first-order chi connectivity index (χ1) is 9.94. The summed E-state index contributed by atoms with van der Waals surface area (Å²) in [5.74, 6) is 0. The Morgan fingerprint density at radius 1 is 1.43 bits per heavy atom. The van der Waals surface area contributed by atoms with Crippen LogP contribution >= 0.6 is 0 Å². The van der Waals surface area contributed by atoms with Crippen LogP contribution in [0.5, 0.6) is 0 Å². The molecule has 0 aromatic carbocycles. The lowest BCUT2D eigenvalue weighted by molar-refractivity contribution is 0.578. The zero-order chi connectivity index (χ0) is 15.5. The van der Waals surface area contributed by atoms with Crippen molar-refractivity contribution in [2.45, 2.75) is 24.8 Å². The molecule has 2 aromatic rings. The fourth-order valence-electron chi connectivity index (χ4n) is 2.10. The molecule has 8 nitrogen and oxygen atoms in total. The van der Waals surface area contributed by atoms with Crippen molar-refractivity contribution >= 4 is 10.0 Å². The Morgan fingerprint density at radius 3 is 2.81 bits per heavy atom. The van der Waals surface area contributed by atoms with Crippen molar-refractivity contribution in [3.8, 4) is 0 Å². The van der Waals surface area contributed by atoms with Gasteiger partial charge in [-0.05, 0) is 20.0 Å². The second-order valence-electron chi connectivity index (χ2n) is 4.78. The van der Waals surface area contributed by atoms with Crippen molar-refractivity contribution < 1.29 is 8.42 Å².